The van der Waals surface area contributed by atoms with Crippen molar-refractivity contribution in [2.75, 3.05) is 0 Å². The minimum atomic E-state index is -0.617. The summed E-state index contributed by atoms with van der Waals surface area (Å²) >= 11 is 1.68. The van der Waals surface area contributed by atoms with Crippen molar-refractivity contribution in [3.63, 3.8) is 0 Å². The van der Waals surface area contributed by atoms with Gasteiger partial charge in [0.1, 0.15) is 17.0 Å². The van der Waals surface area contributed by atoms with Gasteiger partial charge in [-0.3, -0.25) is 9.59 Å². The largest absolute Gasteiger partial charge is 0.462 e. The second kappa shape index (κ2) is 24.3. The van der Waals surface area contributed by atoms with E-state index in [0.29, 0.717) is 6.42 Å². The van der Waals surface area contributed by atoms with Crippen LogP contribution >= 0.6 is 11.8 Å². The third-order valence-corrected chi connectivity index (χ3v) is 12.4. The maximum Gasteiger partial charge on any atom is 0.322 e. The van der Waals surface area contributed by atoms with Crippen molar-refractivity contribution in [1.82, 2.24) is 0 Å². The van der Waals surface area contributed by atoms with E-state index in [1.165, 1.54) is 51.9 Å². The van der Waals surface area contributed by atoms with Gasteiger partial charge in [0, 0.05) is 24.7 Å². The SMILES string of the molecule is CCCCCCCCCC[C@@H](OC(C)=O)[C@@H]1CC[C@@H]([C@@H]2CC[C@@H]([C@@H](O)CC#CC=CCCCCCCC[C@@]3(Sc4ccccc4)C[C@H](C)OC3=O)O2)O1. The third-order valence-electron chi connectivity index (χ3n) is 11.0. The van der Waals surface area contributed by atoms with Crippen LogP contribution in [0.4, 0.5) is 0 Å². The van der Waals surface area contributed by atoms with E-state index in [4.69, 9.17) is 18.9 Å². The Morgan fingerprint density at radius 2 is 1.57 bits per heavy atom. The number of cyclic esters (lactones) is 1. The normalized spacial score (nSPS) is 26.7. The number of unbranched alkanes of at least 4 members (excludes halogenated alkanes) is 12. The number of rotatable bonds is 24. The molecule has 0 unspecified atom stereocenters. The zero-order chi connectivity index (χ0) is 37.7. The molecule has 3 fully saturated rings. The van der Waals surface area contributed by atoms with E-state index in [-0.39, 0.29) is 48.6 Å². The molecule has 0 aliphatic carbocycles. The Kier molecular flexibility index (Phi) is 19.9. The molecule has 3 saturated heterocycles. The molecule has 3 heterocycles. The highest BCUT2D eigenvalue weighted by molar-refractivity contribution is 8.01. The number of hydrogen-bond donors (Lipinski definition) is 1. The molecule has 7 nitrogen and oxygen atoms in total. The van der Waals surface area contributed by atoms with Crippen molar-refractivity contribution >= 4 is 23.7 Å². The number of benzene rings is 1. The van der Waals surface area contributed by atoms with Gasteiger partial charge >= 0.3 is 11.9 Å². The summed E-state index contributed by atoms with van der Waals surface area (Å²) in [5.41, 5.74) is 0. The Bertz CT molecular complexity index is 1290. The molecule has 0 amide bonds. The summed E-state index contributed by atoms with van der Waals surface area (Å²) in [5, 5.41) is 10.8. The number of allylic oxidation sites excluding steroid dienone is 2. The van der Waals surface area contributed by atoms with Crippen LogP contribution in [0.15, 0.2) is 47.4 Å². The zero-order valence-corrected chi connectivity index (χ0v) is 33.8. The summed E-state index contributed by atoms with van der Waals surface area (Å²) in [6.07, 6.45) is 25.7. The van der Waals surface area contributed by atoms with Gasteiger partial charge in [-0.05, 0) is 82.9 Å². The number of aliphatic hydroxyl groups is 1. The highest BCUT2D eigenvalue weighted by Gasteiger charge is 2.48. The van der Waals surface area contributed by atoms with Crippen LogP contribution in [0.25, 0.3) is 0 Å². The lowest BCUT2D eigenvalue weighted by Gasteiger charge is -2.26. The predicted molar refractivity (Wildman–Crippen MR) is 214 cm³/mol. The Hall–Kier alpha value is -2.31. The lowest BCUT2D eigenvalue weighted by Crippen LogP contribution is -2.34. The van der Waals surface area contributed by atoms with E-state index in [1.54, 1.807) is 11.8 Å². The molecule has 3 aliphatic heterocycles. The molecule has 1 aromatic rings. The van der Waals surface area contributed by atoms with Crippen LogP contribution in [0.1, 0.15) is 162 Å². The number of aliphatic hydroxyl groups excluding tert-OH is 1. The number of thioether (sulfide) groups is 1. The molecular weight excluding hydrogens is 685 g/mol. The first-order valence-corrected chi connectivity index (χ1v) is 21.9. The minimum Gasteiger partial charge on any atom is -0.462 e. The van der Waals surface area contributed by atoms with E-state index in [0.717, 1.165) is 94.8 Å². The van der Waals surface area contributed by atoms with Crippen LogP contribution in [0.5, 0.6) is 0 Å². The molecule has 0 radical (unpaired) electrons. The van der Waals surface area contributed by atoms with Crippen molar-refractivity contribution in [3.8, 4) is 11.8 Å². The molecule has 4 rings (SSSR count). The van der Waals surface area contributed by atoms with Crippen molar-refractivity contribution in [3.05, 3.63) is 42.5 Å². The lowest BCUT2D eigenvalue weighted by molar-refractivity contribution is -0.158. The average molecular weight is 753 g/mol. The second-order valence-electron chi connectivity index (χ2n) is 15.6. The summed E-state index contributed by atoms with van der Waals surface area (Å²) in [6.45, 7) is 5.73. The van der Waals surface area contributed by atoms with Gasteiger partial charge in [-0.1, -0.05) is 114 Å². The van der Waals surface area contributed by atoms with Crippen LogP contribution in [-0.2, 0) is 28.5 Å². The van der Waals surface area contributed by atoms with Gasteiger partial charge in [0.2, 0.25) is 0 Å². The second-order valence-corrected chi connectivity index (χ2v) is 17.1. The maximum atomic E-state index is 12.8. The zero-order valence-electron chi connectivity index (χ0n) is 32.9. The van der Waals surface area contributed by atoms with Gasteiger partial charge in [0.25, 0.3) is 0 Å². The first-order chi connectivity index (χ1) is 25.8. The quantitative estimate of drug-likeness (QED) is 0.0634. The number of hydrogen-bond acceptors (Lipinski definition) is 8. The van der Waals surface area contributed by atoms with Crippen LogP contribution in [-0.4, -0.2) is 64.5 Å². The molecule has 3 aliphatic rings. The number of carbonyl (C=O) groups excluding carboxylic acids is 2. The van der Waals surface area contributed by atoms with Gasteiger partial charge in [-0.15, -0.1) is 11.8 Å². The monoisotopic (exact) mass is 752 g/mol. The fourth-order valence-corrected chi connectivity index (χ4v) is 9.57. The van der Waals surface area contributed by atoms with Crippen molar-refractivity contribution in [2.24, 2.45) is 0 Å². The molecule has 0 spiro atoms. The topological polar surface area (TPSA) is 91.3 Å². The van der Waals surface area contributed by atoms with Crippen LogP contribution < -0.4 is 0 Å². The van der Waals surface area contributed by atoms with Crippen molar-refractivity contribution in [2.45, 2.75) is 214 Å². The molecule has 0 saturated carbocycles. The fraction of sp³-hybridized carbons (Fsp3) is 0.733. The van der Waals surface area contributed by atoms with E-state index in [2.05, 4.69) is 37.0 Å². The summed E-state index contributed by atoms with van der Waals surface area (Å²) in [4.78, 5) is 25.8. The molecule has 1 aromatic carbocycles. The van der Waals surface area contributed by atoms with E-state index >= 15 is 0 Å². The molecule has 0 aromatic heterocycles. The molecule has 8 heteroatoms. The maximum absolute atomic E-state index is 12.8. The highest BCUT2D eigenvalue weighted by Crippen LogP contribution is 2.46. The fourth-order valence-electron chi connectivity index (χ4n) is 8.13. The van der Waals surface area contributed by atoms with E-state index < -0.39 is 10.9 Å². The Morgan fingerprint density at radius 3 is 2.25 bits per heavy atom. The van der Waals surface area contributed by atoms with Gasteiger partial charge in [-0.25, -0.2) is 0 Å². The summed E-state index contributed by atoms with van der Waals surface area (Å²) in [7, 11) is 0. The molecule has 1 N–H and O–H groups in total. The highest BCUT2D eigenvalue weighted by atomic mass is 32.2. The number of carbonyl (C=O) groups is 2. The standard InChI is InChI=1S/C45H68O7S/c1-4-5-6-7-8-14-17-23-28-40(50-36(3)46)41-31-32-43(52-41)42-30-29-39(51-42)38(47)27-22-16-13-11-9-10-12-15-18-24-33-45(34-35(2)49-44(45)48)53-37-25-20-19-21-26-37/h11,13,19-21,25-26,35,38-43,47H,4-10,12,14-15,17-18,23-24,27-34H2,1-3H3/t35-,38-,39-,40+,41-,42-,43-,45+/m0/s1. The first kappa shape index (κ1) is 43.4. The van der Waals surface area contributed by atoms with E-state index in [1.807, 2.05) is 31.2 Å². The Labute approximate surface area is 325 Å². The predicted octanol–water partition coefficient (Wildman–Crippen LogP) is 10.5. The smallest absolute Gasteiger partial charge is 0.322 e. The Morgan fingerprint density at radius 1 is 0.925 bits per heavy atom. The lowest BCUT2D eigenvalue weighted by atomic mass is 9.96. The molecular formula is C45H68O7S. The van der Waals surface area contributed by atoms with Gasteiger partial charge < -0.3 is 24.1 Å². The van der Waals surface area contributed by atoms with Gasteiger partial charge in [0.05, 0.1) is 30.5 Å². The third kappa shape index (κ3) is 15.4. The van der Waals surface area contributed by atoms with E-state index in [9.17, 15) is 14.7 Å². The summed E-state index contributed by atoms with van der Waals surface area (Å²) in [6, 6.07) is 10.2. The average Bonchev–Trinajstić information content (AvgIpc) is 3.89. The van der Waals surface area contributed by atoms with Gasteiger partial charge in [0.15, 0.2) is 0 Å². The van der Waals surface area contributed by atoms with Crippen molar-refractivity contribution in [1.29, 1.82) is 0 Å². The van der Waals surface area contributed by atoms with Crippen LogP contribution in [0.2, 0.25) is 0 Å². The minimum absolute atomic E-state index is 0.0187. The van der Waals surface area contributed by atoms with Gasteiger partial charge in [-0.2, -0.15) is 0 Å². The number of esters is 2. The summed E-state index contributed by atoms with van der Waals surface area (Å²) < 4.78 is 23.6. The Balaban J connectivity index is 1.05. The first-order valence-electron chi connectivity index (χ1n) is 21.0. The molecule has 8 atom stereocenters. The van der Waals surface area contributed by atoms with Crippen LogP contribution in [0.3, 0.4) is 0 Å². The molecule has 53 heavy (non-hydrogen) atoms. The number of ether oxygens (including phenoxy) is 4. The molecule has 296 valence electrons. The summed E-state index contributed by atoms with van der Waals surface area (Å²) in [5.74, 6) is 5.91. The molecule has 0 bridgehead atoms. The van der Waals surface area contributed by atoms with Crippen LogP contribution in [0, 0.1) is 11.8 Å². The van der Waals surface area contributed by atoms with Crippen molar-refractivity contribution < 1.29 is 33.6 Å².